The average molecular weight is 240 g/mol. The molecule has 4 atom stereocenters. The second-order valence-corrected chi connectivity index (χ2v) is 5.72. The van der Waals surface area contributed by atoms with Gasteiger partial charge in [-0.15, -0.1) is 0 Å². The van der Waals surface area contributed by atoms with Gasteiger partial charge in [-0.2, -0.15) is 0 Å². The zero-order chi connectivity index (χ0) is 12.3. The molecule has 100 valence electrons. The van der Waals surface area contributed by atoms with Crippen molar-refractivity contribution < 1.29 is 4.74 Å². The predicted molar refractivity (Wildman–Crippen MR) is 71.3 cm³/mol. The molecule has 4 unspecified atom stereocenters. The second-order valence-electron chi connectivity index (χ2n) is 5.72. The van der Waals surface area contributed by atoms with Gasteiger partial charge in [0.25, 0.3) is 0 Å². The monoisotopic (exact) mass is 240 g/mol. The second kappa shape index (κ2) is 6.17. The molecule has 2 rings (SSSR count). The fourth-order valence-electron chi connectivity index (χ4n) is 3.21. The van der Waals surface area contributed by atoms with Crippen molar-refractivity contribution >= 4 is 0 Å². The van der Waals surface area contributed by atoms with Crippen molar-refractivity contribution in [3.05, 3.63) is 0 Å². The molecule has 2 heterocycles. The standard InChI is InChI=1S/C14H28N2O/c1-4-16-8-5-6-13(10-16)11(2)15-14-7-9-17-12(14)3/h11-15H,4-10H2,1-3H3. The van der Waals surface area contributed by atoms with Gasteiger partial charge in [-0.05, 0) is 52.1 Å². The summed E-state index contributed by atoms with van der Waals surface area (Å²) in [5.41, 5.74) is 0. The number of hydrogen-bond donors (Lipinski definition) is 1. The molecule has 0 saturated carbocycles. The van der Waals surface area contributed by atoms with Gasteiger partial charge in [-0.1, -0.05) is 6.92 Å². The van der Waals surface area contributed by atoms with E-state index >= 15 is 0 Å². The van der Waals surface area contributed by atoms with Crippen molar-refractivity contribution in [1.82, 2.24) is 10.2 Å². The summed E-state index contributed by atoms with van der Waals surface area (Å²) in [6, 6.07) is 1.19. The highest BCUT2D eigenvalue weighted by Crippen LogP contribution is 2.21. The van der Waals surface area contributed by atoms with Crippen LogP contribution in [0.25, 0.3) is 0 Å². The highest BCUT2D eigenvalue weighted by Gasteiger charge is 2.29. The van der Waals surface area contributed by atoms with Crippen LogP contribution in [0.1, 0.15) is 40.0 Å². The molecule has 2 aliphatic heterocycles. The molecule has 0 amide bonds. The molecule has 0 radical (unpaired) electrons. The summed E-state index contributed by atoms with van der Waals surface area (Å²) in [5, 5.41) is 3.79. The number of nitrogens with one attached hydrogen (secondary N) is 1. The number of ether oxygens (including phenoxy) is 1. The van der Waals surface area contributed by atoms with Gasteiger partial charge >= 0.3 is 0 Å². The van der Waals surface area contributed by atoms with Crippen molar-refractivity contribution in [1.29, 1.82) is 0 Å². The SMILES string of the molecule is CCN1CCCC(C(C)NC2CCOC2C)C1. The van der Waals surface area contributed by atoms with Crippen LogP contribution in [-0.2, 0) is 4.74 Å². The van der Waals surface area contributed by atoms with E-state index in [9.17, 15) is 0 Å². The summed E-state index contributed by atoms with van der Waals surface area (Å²) in [6.45, 7) is 11.5. The Bertz CT molecular complexity index is 234. The van der Waals surface area contributed by atoms with Crippen LogP contribution >= 0.6 is 0 Å². The Hall–Kier alpha value is -0.120. The van der Waals surface area contributed by atoms with Crippen LogP contribution in [0.5, 0.6) is 0 Å². The van der Waals surface area contributed by atoms with Gasteiger partial charge < -0.3 is 15.0 Å². The van der Waals surface area contributed by atoms with Gasteiger partial charge in [-0.3, -0.25) is 0 Å². The first kappa shape index (κ1) is 13.3. The van der Waals surface area contributed by atoms with Crippen molar-refractivity contribution in [3.8, 4) is 0 Å². The minimum absolute atomic E-state index is 0.392. The highest BCUT2D eigenvalue weighted by molar-refractivity contribution is 4.86. The van der Waals surface area contributed by atoms with E-state index in [0.717, 1.165) is 12.5 Å². The van der Waals surface area contributed by atoms with Gasteiger partial charge in [-0.25, -0.2) is 0 Å². The first-order valence-electron chi connectivity index (χ1n) is 7.30. The van der Waals surface area contributed by atoms with Crippen molar-refractivity contribution in [2.75, 3.05) is 26.2 Å². The molecule has 0 aliphatic carbocycles. The summed E-state index contributed by atoms with van der Waals surface area (Å²) in [4.78, 5) is 2.58. The summed E-state index contributed by atoms with van der Waals surface area (Å²) >= 11 is 0. The van der Waals surface area contributed by atoms with Gasteiger partial charge in [0.15, 0.2) is 0 Å². The molecule has 0 spiro atoms. The summed E-state index contributed by atoms with van der Waals surface area (Å²) < 4.78 is 5.62. The number of hydrogen-bond acceptors (Lipinski definition) is 3. The van der Waals surface area contributed by atoms with Crippen LogP contribution in [0.2, 0.25) is 0 Å². The Morgan fingerprint density at radius 2 is 2.24 bits per heavy atom. The third kappa shape index (κ3) is 3.43. The number of nitrogens with zero attached hydrogens (tertiary/aromatic N) is 1. The molecule has 2 fully saturated rings. The maximum absolute atomic E-state index is 5.62. The van der Waals surface area contributed by atoms with E-state index in [0.29, 0.717) is 18.2 Å². The Balaban J connectivity index is 1.80. The summed E-state index contributed by atoms with van der Waals surface area (Å²) in [7, 11) is 0. The van der Waals surface area contributed by atoms with Crippen LogP contribution in [0, 0.1) is 5.92 Å². The maximum atomic E-state index is 5.62. The van der Waals surface area contributed by atoms with Crippen molar-refractivity contribution in [3.63, 3.8) is 0 Å². The van der Waals surface area contributed by atoms with Gasteiger partial charge in [0, 0.05) is 25.2 Å². The minimum Gasteiger partial charge on any atom is -0.377 e. The first-order chi connectivity index (χ1) is 8.20. The maximum Gasteiger partial charge on any atom is 0.0700 e. The molecule has 0 aromatic carbocycles. The van der Waals surface area contributed by atoms with E-state index in [1.807, 2.05) is 0 Å². The quantitative estimate of drug-likeness (QED) is 0.812. The molecule has 2 saturated heterocycles. The van der Waals surface area contributed by atoms with E-state index in [1.54, 1.807) is 0 Å². The fourth-order valence-corrected chi connectivity index (χ4v) is 3.21. The average Bonchev–Trinajstić information content (AvgIpc) is 2.75. The van der Waals surface area contributed by atoms with Crippen LogP contribution in [0.3, 0.4) is 0 Å². The predicted octanol–water partition coefficient (Wildman–Crippen LogP) is 1.87. The van der Waals surface area contributed by atoms with E-state index in [2.05, 4.69) is 31.0 Å². The first-order valence-corrected chi connectivity index (χ1v) is 7.30. The summed E-state index contributed by atoms with van der Waals surface area (Å²) in [5.74, 6) is 0.816. The normalized spacial score (nSPS) is 37.2. The van der Waals surface area contributed by atoms with Crippen molar-refractivity contribution in [2.45, 2.75) is 58.2 Å². The van der Waals surface area contributed by atoms with Gasteiger partial charge in [0.1, 0.15) is 0 Å². The van der Waals surface area contributed by atoms with E-state index in [1.165, 1.54) is 38.9 Å². The minimum atomic E-state index is 0.392. The molecular formula is C14H28N2O. The largest absolute Gasteiger partial charge is 0.377 e. The lowest BCUT2D eigenvalue weighted by Crippen LogP contribution is -2.49. The number of piperidine rings is 1. The van der Waals surface area contributed by atoms with E-state index < -0.39 is 0 Å². The Morgan fingerprint density at radius 1 is 1.41 bits per heavy atom. The molecule has 0 bridgehead atoms. The lowest BCUT2D eigenvalue weighted by atomic mass is 9.90. The third-order valence-corrected chi connectivity index (χ3v) is 4.55. The van der Waals surface area contributed by atoms with Crippen LogP contribution in [-0.4, -0.2) is 49.3 Å². The van der Waals surface area contributed by atoms with Crippen LogP contribution in [0.4, 0.5) is 0 Å². The van der Waals surface area contributed by atoms with Gasteiger partial charge in [0.2, 0.25) is 0 Å². The highest BCUT2D eigenvalue weighted by atomic mass is 16.5. The lowest BCUT2D eigenvalue weighted by molar-refractivity contribution is 0.103. The molecule has 0 aromatic rings. The topological polar surface area (TPSA) is 24.5 Å². The third-order valence-electron chi connectivity index (χ3n) is 4.55. The Labute approximate surface area is 106 Å². The fraction of sp³-hybridized carbons (Fsp3) is 1.00. The Kier molecular flexibility index (Phi) is 4.83. The van der Waals surface area contributed by atoms with E-state index in [-0.39, 0.29) is 0 Å². The lowest BCUT2D eigenvalue weighted by Gasteiger charge is -2.36. The molecule has 0 aromatic heterocycles. The number of rotatable bonds is 4. The van der Waals surface area contributed by atoms with Gasteiger partial charge in [0.05, 0.1) is 6.10 Å². The molecule has 17 heavy (non-hydrogen) atoms. The zero-order valence-electron chi connectivity index (χ0n) is 11.6. The van der Waals surface area contributed by atoms with Crippen LogP contribution < -0.4 is 5.32 Å². The number of likely N-dealkylation sites (tertiary alicyclic amines) is 1. The summed E-state index contributed by atoms with van der Waals surface area (Å²) in [6.07, 6.45) is 4.31. The molecule has 3 nitrogen and oxygen atoms in total. The zero-order valence-corrected chi connectivity index (χ0v) is 11.6. The molecular weight excluding hydrogens is 212 g/mol. The molecule has 3 heteroatoms. The smallest absolute Gasteiger partial charge is 0.0700 e. The van der Waals surface area contributed by atoms with E-state index in [4.69, 9.17) is 4.74 Å². The van der Waals surface area contributed by atoms with Crippen molar-refractivity contribution in [2.24, 2.45) is 5.92 Å². The van der Waals surface area contributed by atoms with Crippen LogP contribution in [0.15, 0.2) is 0 Å². The molecule has 2 aliphatic rings. The Morgan fingerprint density at radius 3 is 2.88 bits per heavy atom. The molecule has 1 N–H and O–H groups in total.